The Labute approximate surface area is 68.6 Å². The lowest BCUT2D eigenvalue weighted by atomic mass is 9.93. The lowest BCUT2D eigenvalue weighted by molar-refractivity contribution is -0.207. The predicted molar refractivity (Wildman–Crippen MR) is 40.5 cm³/mol. The highest BCUT2D eigenvalue weighted by atomic mass is 19.4. The van der Waals surface area contributed by atoms with Crippen molar-refractivity contribution in [1.82, 2.24) is 0 Å². The average Bonchev–Trinajstić information content (AvgIpc) is 1.81. The van der Waals surface area contributed by atoms with Crippen LogP contribution in [0.1, 0.15) is 13.8 Å². The lowest BCUT2D eigenvalue weighted by Gasteiger charge is -2.25. The highest BCUT2D eigenvalue weighted by molar-refractivity contribution is 5.75. The van der Waals surface area contributed by atoms with Gasteiger partial charge in [0.1, 0.15) is 0 Å². The molecule has 0 unspecified atom stereocenters. The molecule has 0 aliphatic heterocycles. The summed E-state index contributed by atoms with van der Waals surface area (Å²) >= 11 is 0. The Hall–Kier alpha value is -0.940. The van der Waals surface area contributed by atoms with Gasteiger partial charge >= 0.3 is 6.18 Å². The van der Waals surface area contributed by atoms with Crippen molar-refractivity contribution in [3.8, 4) is 0 Å². The van der Waals surface area contributed by atoms with E-state index in [0.717, 1.165) is 13.8 Å². The third kappa shape index (κ3) is 2.98. The van der Waals surface area contributed by atoms with Gasteiger partial charge in [-0.05, 0) is 13.8 Å². The molecule has 0 heterocycles. The molecule has 0 fully saturated rings. The largest absolute Gasteiger partial charge is 0.395 e. The van der Waals surface area contributed by atoms with Crippen molar-refractivity contribution in [2.45, 2.75) is 20.0 Å². The molecule has 72 valence electrons. The second-order valence-corrected chi connectivity index (χ2v) is 3.12. The van der Waals surface area contributed by atoms with Gasteiger partial charge in [-0.25, -0.2) is 0 Å². The standard InChI is InChI=1S/C6H12F3N3/c1-5(2,6(7,8)9)3-12-4(10)11/h3H2,1-2H3,(H4,10,11,12). The van der Waals surface area contributed by atoms with E-state index in [4.69, 9.17) is 11.5 Å². The fourth-order valence-corrected chi connectivity index (χ4v) is 0.379. The molecule has 0 bridgehead atoms. The van der Waals surface area contributed by atoms with Crippen molar-refractivity contribution in [2.24, 2.45) is 21.9 Å². The van der Waals surface area contributed by atoms with Gasteiger partial charge in [0, 0.05) is 0 Å². The first-order valence-corrected chi connectivity index (χ1v) is 3.29. The SMILES string of the molecule is CC(C)(CN=C(N)N)C(F)(F)F. The Bertz CT molecular complexity index is 179. The van der Waals surface area contributed by atoms with Crippen LogP contribution in [0.15, 0.2) is 4.99 Å². The number of guanidine groups is 1. The maximum absolute atomic E-state index is 12.1. The van der Waals surface area contributed by atoms with E-state index in [9.17, 15) is 13.2 Å². The number of hydrogen-bond acceptors (Lipinski definition) is 1. The highest BCUT2D eigenvalue weighted by Crippen LogP contribution is 2.37. The van der Waals surface area contributed by atoms with Gasteiger partial charge in [-0.2, -0.15) is 13.2 Å². The van der Waals surface area contributed by atoms with Crippen molar-refractivity contribution < 1.29 is 13.2 Å². The van der Waals surface area contributed by atoms with E-state index in [1.807, 2.05) is 0 Å². The van der Waals surface area contributed by atoms with E-state index in [0.29, 0.717) is 0 Å². The summed E-state index contributed by atoms with van der Waals surface area (Å²) < 4.78 is 36.4. The Balaban J connectivity index is 4.34. The topological polar surface area (TPSA) is 64.4 Å². The Kier molecular flexibility index (Phi) is 2.95. The van der Waals surface area contributed by atoms with Crippen LogP contribution in [0.3, 0.4) is 0 Å². The molecule has 0 saturated heterocycles. The zero-order chi connectivity index (χ0) is 9.99. The van der Waals surface area contributed by atoms with Crippen molar-refractivity contribution in [2.75, 3.05) is 6.54 Å². The van der Waals surface area contributed by atoms with Gasteiger partial charge in [0.2, 0.25) is 0 Å². The summed E-state index contributed by atoms with van der Waals surface area (Å²) in [5.74, 6) is -0.327. The summed E-state index contributed by atoms with van der Waals surface area (Å²) in [7, 11) is 0. The molecule has 4 N–H and O–H groups in total. The van der Waals surface area contributed by atoms with Gasteiger partial charge < -0.3 is 11.5 Å². The van der Waals surface area contributed by atoms with Crippen LogP contribution in [0.5, 0.6) is 0 Å². The molecular weight excluding hydrogens is 171 g/mol. The number of nitrogens with zero attached hydrogens (tertiary/aromatic N) is 1. The van der Waals surface area contributed by atoms with E-state index in [2.05, 4.69) is 4.99 Å². The van der Waals surface area contributed by atoms with Gasteiger partial charge in [-0.15, -0.1) is 0 Å². The molecule has 0 aromatic rings. The fourth-order valence-electron chi connectivity index (χ4n) is 0.379. The molecule has 0 radical (unpaired) electrons. The van der Waals surface area contributed by atoms with E-state index in [1.54, 1.807) is 0 Å². The van der Waals surface area contributed by atoms with Crippen LogP contribution in [-0.4, -0.2) is 18.7 Å². The molecule has 0 spiro atoms. The number of alkyl halides is 3. The quantitative estimate of drug-likeness (QED) is 0.492. The maximum Gasteiger partial charge on any atom is 0.395 e. The van der Waals surface area contributed by atoms with Crippen molar-refractivity contribution >= 4 is 5.96 Å². The number of hydrogen-bond donors (Lipinski definition) is 2. The molecule has 0 rings (SSSR count). The molecule has 0 aliphatic carbocycles. The zero-order valence-corrected chi connectivity index (χ0v) is 6.94. The monoisotopic (exact) mass is 183 g/mol. The summed E-state index contributed by atoms with van der Waals surface area (Å²) in [6, 6.07) is 0. The van der Waals surface area contributed by atoms with Crippen LogP contribution in [0.25, 0.3) is 0 Å². The van der Waals surface area contributed by atoms with Crippen molar-refractivity contribution in [3.05, 3.63) is 0 Å². The first-order chi connectivity index (χ1) is 5.17. The van der Waals surface area contributed by atoms with Gasteiger partial charge in [-0.1, -0.05) is 0 Å². The number of halogens is 3. The highest BCUT2D eigenvalue weighted by Gasteiger charge is 2.47. The van der Waals surface area contributed by atoms with Crippen LogP contribution in [-0.2, 0) is 0 Å². The molecule has 0 aliphatic rings. The zero-order valence-electron chi connectivity index (χ0n) is 6.94. The Morgan fingerprint density at radius 1 is 1.25 bits per heavy atom. The van der Waals surface area contributed by atoms with Gasteiger partial charge in [-0.3, -0.25) is 4.99 Å². The normalized spacial score (nSPS) is 12.8. The van der Waals surface area contributed by atoms with Crippen molar-refractivity contribution in [1.29, 1.82) is 0 Å². The predicted octanol–water partition coefficient (Wildman–Crippen LogP) is 0.848. The summed E-state index contributed by atoms with van der Waals surface area (Å²) in [6.07, 6.45) is -4.29. The van der Waals surface area contributed by atoms with Crippen LogP contribution >= 0.6 is 0 Å². The second-order valence-electron chi connectivity index (χ2n) is 3.12. The molecule has 0 amide bonds. The summed E-state index contributed by atoms with van der Waals surface area (Å²) in [5, 5.41) is 0. The first kappa shape index (κ1) is 11.1. The van der Waals surface area contributed by atoms with Gasteiger partial charge in [0.05, 0.1) is 12.0 Å². The second kappa shape index (κ2) is 3.20. The molecule has 3 nitrogen and oxygen atoms in total. The summed E-state index contributed by atoms with van der Waals surface area (Å²) in [4.78, 5) is 3.31. The van der Waals surface area contributed by atoms with Crippen LogP contribution in [0.2, 0.25) is 0 Å². The summed E-state index contributed by atoms with van der Waals surface area (Å²) in [5.41, 5.74) is 7.93. The molecule has 0 aromatic carbocycles. The minimum atomic E-state index is -4.29. The van der Waals surface area contributed by atoms with E-state index in [-0.39, 0.29) is 5.96 Å². The summed E-state index contributed by atoms with van der Waals surface area (Å²) in [6.45, 7) is 1.64. The van der Waals surface area contributed by atoms with Crippen LogP contribution in [0.4, 0.5) is 13.2 Å². The van der Waals surface area contributed by atoms with Crippen LogP contribution < -0.4 is 11.5 Å². The Morgan fingerprint density at radius 3 is 1.92 bits per heavy atom. The number of aliphatic imine (C=N–C) groups is 1. The molecular formula is C6H12F3N3. The van der Waals surface area contributed by atoms with Gasteiger partial charge in [0.25, 0.3) is 0 Å². The molecule has 6 heteroatoms. The third-order valence-corrected chi connectivity index (χ3v) is 1.42. The first-order valence-electron chi connectivity index (χ1n) is 3.29. The molecule has 0 saturated carbocycles. The number of rotatable bonds is 2. The minimum Gasteiger partial charge on any atom is -0.370 e. The maximum atomic E-state index is 12.1. The van der Waals surface area contributed by atoms with Gasteiger partial charge in [0.15, 0.2) is 5.96 Å². The van der Waals surface area contributed by atoms with Crippen molar-refractivity contribution in [3.63, 3.8) is 0 Å². The van der Waals surface area contributed by atoms with E-state index in [1.165, 1.54) is 0 Å². The average molecular weight is 183 g/mol. The third-order valence-electron chi connectivity index (χ3n) is 1.42. The van der Waals surface area contributed by atoms with Crippen LogP contribution in [0, 0.1) is 5.41 Å². The molecule has 0 atom stereocenters. The molecule has 0 aromatic heterocycles. The van der Waals surface area contributed by atoms with E-state index < -0.39 is 18.1 Å². The fraction of sp³-hybridized carbons (Fsp3) is 0.833. The Morgan fingerprint density at radius 2 is 1.67 bits per heavy atom. The number of nitrogens with two attached hydrogens (primary N) is 2. The van der Waals surface area contributed by atoms with E-state index >= 15 is 0 Å². The molecule has 12 heavy (non-hydrogen) atoms. The minimum absolute atomic E-state index is 0.327. The smallest absolute Gasteiger partial charge is 0.370 e. The lowest BCUT2D eigenvalue weighted by Crippen LogP contribution is -2.36.